The van der Waals surface area contributed by atoms with Gasteiger partial charge in [0, 0.05) is 24.3 Å². The van der Waals surface area contributed by atoms with E-state index in [0.29, 0.717) is 24.7 Å². The smallest absolute Gasteiger partial charge is 0.240 e. The standard InChI is InChI=1S/C33H33FN4O3S/c1-21-9-6-15-27(22(21)2)38-33-30(31(36-38)23-10-4-3-5-11-23)32(24-12-7-13-25(34)17-24)42-20-29(40)37(33)19-28(39)35-18-26-14-8-16-41-26/h3-7,9-13,15,17,26,32H,8,14,16,18-20H2,1-2H3,(H,35,39)/t26-,32-/m1/s1. The number of benzene rings is 3. The lowest BCUT2D eigenvalue weighted by Gasteiger charge is -2.24. The second-order valence-corrected chi connectivity index (χ2v) is 11.8. The third-order valence-corrected chi connectivity index (χ3v) is 9.20. The van der Waals surface area contributed by atoms with Crippen LogP contribution in [-0.4, -0.2) is 53.1 Å². The highest BCUT2D eigenvalue weighted by molar-refractivity contribution is 8.00. The van der Waals surface area contributed by atoms with Crippen molar-refractivity contribution in [1.82, 2.24) is 15.1 Å². The second-order valence-electron chi connectivity index (χ2n) is 10.7. The summed E-state index contributed by atoms with van der Waals surface area (Å²) in [5, 5.41) is 7.71. The molecule has 3 aromatic carbocycles. The third-order valence-electron chi connectivity index (χ3n) is 7.94. The normalized spacial score (nSPS) is 18.5. The number of carbonyl (C=O) groups excluding carboxylic acids is 2. The van der Waals surface area contributed by atoms with Gasteiger partial charge in [-0.3, -0.25) is 14.5 Å². The average Bonchev–Trinajstić information content (AvgIpc) is 3.63. The molecular formula is C33H33FN4O3S. The molecule has 7 nitrogen and oxygen atoms in total. The minimum absolute atomic E-state index is 0.0117. The summed E-state index contributed by atoms with van der Waals surface area (Å²) in [7, 11) is 0. The molecule has 216 valence electrons. The van der Waals surface area contributed by atoms with E-state index in [0.717, 1.165) is 46.3 Å². The summed E-state index contributed by atoms with van der Waals surface area (Å²) >= 11 is 1.42. The fourth-order valence-electron chi connectivity index (χ4n) is 5.63. The quantitative estimate of drug-likeness (QED) is 0.299. The van der Waals surface area contributed by atoms with Gasteiger partial charge in [-0.15, -0.1) is 11.8 Å². The molecule has 0 unspecified atom stereocenters. The van der Waals surface area contributed by atoms with Gasteiger partial charge in [0.15, 0.2) is 0 Å². The molecule has 1 saturated heterocycles. The number of carbonyl (C=O) groups is 2. The van der Waals surface area contributed by atoms with Crippen LogP contribution in [0, 0.1) is 19.7 Å². The van der Waals surface area contributed by atoms with Crippen molar-refractivity contribution >= 4 is 29.4 Å². The zero-order valence-corrected chi connectivity index (χ0v) is 24.5. The minimum Gasteiger partial charge on any atom is -0.376 e. The number of hydrogen-bond donors (Lipinski definition) is 1. The zero-order chi connectivity index (χ0) is 29.2. The van der Waals surface area contributed by atoms with Crippen LogP contribution in [0.1, 0.15) is 40.3 Å². The molecule has 0 saturated carbocycles. The number of thioether (sulfide) groups is 1. The van der Waals surface area contributed by atoms with Gasteiger partial charge in [-0.25, -0.2) is 9.07 Å². The summed E-state index contributed by atoms with van der Waals surface area (Å²) in [4.78, 5) is 28.8. The average molecular weight is 585 g/mol. The van der Waals surface area contributed by atoms with Gasteiger partial charge in [-0.2, -0.15) is 5.10 Å². The number of amides is 2. The van der Waals surface area contributed by atoms with Crippen LogP contribution in [0.3, 0.4) is 0 Å². The molecular weight excluding hydrogens is 551 g/mol. The molecule has 4 aromatic rings. The van der Waals surface area contributed by atoms with Gasteiger partial charge in [0.1, 0.15) is 18.2 Å². The second kappa shape index (κ2) is 12.1. The number of halogens is 1. The monoisotopic (exact) mass is 584 g/mol. The Bertz CT molecular complexity index is 1620. The fraction of sp³-hybridized carbons (Fsp3) is 0.303. The van der Waals surface area contributed by atoms with Crippen molar-refractivity contribution < 1.29 is 18.7 Å². The highest BCUT2D eigenvalue weighted by Gasteiger charge is 2.38. The van der Waals surface area contributed by atoms with Gasteiger partial charge < -0.3 is 10.1 Å². The highest BCUT2D eigenvalue weighted by atomic mass is 32.2. The summed E-state index contributed by atoms with van der Waals surface area (Å²) in [6, 6.07) is 22.3. The molecule has 6 rings (SSSR count). The van der Waals surface area contributed by atoms with E-state index < -0.39 is 5.25 Å². The summed E-state index contributed by atoms with van der Waals surface area (Å²) in [5.74, 6) is -0.180. The number of rotatable bonds is 7. The van der Waals surface area contributed by atoms with Crippen LogP contribution in [-0.2, 0) is 14.3 Å². The van der Waals surface area contributed by atoms with Crippen molar-refractivity contribution in [2.24, 2.45) is 0 Å². The van der Waals surface area contributed by atoms with Gasteiger partial charge in [0.05, 0.1) is 28.5 Å². The Kier molecular flexibility index (Phi) is 8.13. The van der Waals surface area contributed by atoms with E-state index in [1.165, 1.54) is 23.9 Å². The van der Waals surface area contributed by atoms with Crippen LogP contribution < -0.4 is 10.2 Å². The van der Waals surface area contributed by atoms with Crippen LogP contribution >= 0.6 is 11.8 Å². The molecule has 1 fully saturated rings. The Hall–Kier alpha value is -3.95. The number of anilines is 1. The number of hydrogen-bond acceptors (Lipinski definition) is 5. The molecule has 1 N–H and O–H groups in total. The highest BCUT2D eigenvalue weighted by Crippen LogP contribution is 2.48. The fourth-order valence-corrected chi connectivity index (χ4v) is 6.81. The first kappa shape index (κ1) is 28.2. The Morgan fingerprint density at radius 2 is 1.90 bits per heavy atom. The number of nitrogens with zero attached hydrogens (tertiary/aromatic N) is 3. The first-order valence-corrected chi connectivity index (χ1v) is 15.3. The van der Waals surface area contributed by atoms with Crippen LogP contribution in [0.25, 0.3) is 16.9 Å². The maximum absolute atomic E-state index is 14.6. The number of fused-ring (bicyclic) bond motifs is 1. The Labute approximate surface area is 249 Å². The van der Waals surface area contributed by atoms with E-state index >= 15 is 0 Å². The summed E-state index contributed by atoms with van der Waals surface area (Å²) in [6.45, 7) is 4.99. The molecule has 3 heterocycles. The SMILES string of the molecule is Cc1cccc(-n2nc(-c3ccccc3)c3c2N(CC(=O)NC[C@H]2CCCO2)C(=O)CS[C@@H]3c2cccc(F)c2)c1C. The van der Waals surface area contributed by atoms with E-state index in [9.17, 15) is 14.0 Å². The molecule has 0 radical (unpaired) electrons. The lowest BCUT2D eigenvalue weighted by atomic mass is 9.99. The first-order chi connectivity index (χ1) is 20.4. The van der Waals surface area contributed by atoms with Crippen molar-refractivity contribution in [3.63, 3.8) is 0 Å². The summed E-state index contributed by atoms with van der Waals surface area (Å²) in [6.07, 6.45) is 1.87. The lowest BCUT2D eigenvalue weighted by molar-refractivity contribution is -0.123. The minimum atomic E-state index is -0.395. The van der Waals surface area contributed by atoms with Crippen molar-refractivity contribution in [2.45, 2.75) is 38.0 Å². The molecule has 0 bridgehead atoms. The largest absolute Gasteiger partial charge is 0.376 e. The molecule has 0 spiro atoms. The molecule has 2 atom stereocenters. The van der Waals surface area contributed by atoms with E-state index in [-0.39, 0.29) is 36.0 Å². The van der Waals surface area contributed by atoms with Crippen LogP contribution in [0.5, 0.6) is 0 Å². The van der Waals surface area contributed by atoms with E-state index in [1.54, 1.807) is 15.6 Å². The molecule has 9 heteroatoms. The van der Waals surface area contributed by atoms with Gasteiger partial charge >= 0.3 is 0 Å². The van der Waals surface area contributed by atoms with Gasteiger partial charge in [-0.05, 0) is 61.6 Å². The Balaban J connectivity index is 1.55. The molecule has 2 aliphatic rings. The number of nitrogens with one attached hydrogen (secondary N) is 1. The predicted octanol–water partition coefficient (Wildman–Crippen LogP) is 5.76. The topological polar surface area (TPSA) is 76.5 Å². The maximum Gasteiger partial charge on any atom is 0.240 e. The van der Waals surface area contributed by atoms with Crippen molar-refractivity contribution in [3.05, 3.63) is 101 Å². The molecule has 2 amide bonds. The van der Waals surface area contributed by atoms with Crippen molar-refractivity contribution in [2.75, 3.05) is 30.3 Å². The van der Waals surface area contributed by atoms with Gasteiger partial charge in [0.25, 0.3) is 0 Å². The van der Waals surface area contributed by atoms with Crippen molar-refractivity contribution in [3.8, 4) is 16.9 Å². The molecule has 2 aliphatic heterocycles. The van der Waals surface area contributed by atoms with Gasteiger partial charge in [-0.1, -0.05) is 54.6 Å². The zero-order valence-electron chi connectivity index (χ0n) is 23.7. The van der Waals surface area contributed by atoms with E-state index in [1.807, 2.05) is 68.4 Å². The Morgan fingerprint density at radius 3 is 2.67 bits per heavy atom. The van der Waals surface area contributed by atoms with Crippen LogP contribution in [0.15, 0.2) is 72.8 Å². The van der Waals surface area contributed by atoms with Gasteiger partial charge in [0.2, 0.25) is 11.8 Å². The number of aromatic nitrogens is 2. The number of aryl methyl sites for hydroxylation is 1. The summed E-state index contributed by atoms with van der Waals surface area (Å²) in [5.41, 5.74) is 5.97. The Morgan fingerprint density at radius 1 is 1.10 bits per heavy atom. The van der Waals surface area contributed by atoms with E-state index in [4.69, 9.17) is 9.84 Å². The molecule has 0 aliphatic carbocycles. The lowest BCUT2D eigenvalue weighted by Crippen LogP contribution is -2.44. The molecule has 1 aromatic heterocycles. The molecule has 42 heavy (non-hydrogen) atoms. The maximum atomic E-state index is 14.6. The van der Waals surface area contributed by atoms with Crippen LogP contribution in [0.2, 0.25) is 0 Å². The predicted molar refractivity (Wildman–Crippen MR) is 164 cm³/mol. The first-order valence-electron chi connectivity index (χ1n) is 14.2. The third kappa shape index (κ3) is 5.58. The number of ether oxygens (including phenoxy) is 1. The van der Waals surface area contributed by atoms with Crippen molar-refractivity contribution in [1.29, 1.82) is 0 Å². The summed E-state index contributed by atoms with van der Waals surface area (Å²) < 4.78 is 22.0. The van der Waals surface area contributed by atoms with E-state index in [2.05, 4.69) is 5.32 Å². The van der Waals surface area contributed by atoms with Crippen LogP contribution in [0.4, 0.5) is 10.2 Å².